The zero-order chi connectivity index (χ0) is 20.2. The van der Waals surface area contributed by atoms with Gasteiger partial charge in [-0.25, -0.2) is 0 Å². The average Bonchev–Trinajstić information content (AvgIpc) is 2.65. The molecule has 1 aliphatic carbocycles. The van der Waals surface area contributed by atoms with Gasteiger partial charge in [-0.15, -0.1) is 6.42 Å². The predicted molar refractivity (Wildman–Crippen MR) is 106 cm³/mol. The van der Waals surface area contributed by atoms with Gasteiger partial charge in [0.25, 0.3) is 5.91 Å². The van der Waals surface area contributed by atoms with Crippen LogP contribution in [0.25, 0.3) is 0 Å². The van der Waals surface area contributed by atoms with Crippen molar-refractivity contribution in [1.29, 1.82) is 0 Å². The highest BCUT2D eigenvalue weighted by Gasteiger charge is 2.34. The molecule has 0 spiro atoms. The molecule has 3 N–H and O–H groups in total. The first-order chi connectivity index (χ1) is 12.8. The number of allylic oxidation sites excluding steroid dienone is 2. The quantitative estimate of drug-likeness (QED) is 0.485. The topological polar surface area (TPSA) is 81.7 Å². The fourth-order valence-electron chi connectivity index (χ4n) is 3.10. The molecule has 1 unspecified atom stereocenters. The van der Waals surface area contributed by atoms with Crippen molar-refractivity contribution in [2.75, 3.05) is 19.4 Å². The average molecular weight is 369 g/mol. The molecule has 1 amide bonds. The molecule has 0 saturated carbocycles. The van der Waals surface area contributed by atoms with Crippen molar-refractivity contribution in [1.82, 2.24) is 10.2 Å². The minimum absolute atomic E-state index is 0.0697. The monoisotopic (exact) mass is 369 g/mol. The van der Waals surface area contributed by atoms with E-state index in [9.17, 15) is 14.7 Å². The van der Waals surface area contributed by atoms with Gasteiger partial charge in [-0.2, -0.15) is 0 Å². The number of carbonyl (C=O) groups excluding carboxylic acids is 2. The van der Waals surface area contributed by atoms with Crippen LogP contribution < -0.4 is 10.6 Å². The van der Waals surface area contributed by atoms with E-state index in [-0.39, 0.29) is 29.4 Å². The lowest BCUT2D eigenvalue weighted by atomic mass is 9.88. The molecule has 1 aromatic rings. The zero-order valence-electron chi connectivity index (χ0n) is 16.3. The second-order valence-electron chi connectivity index (χ2n) is 6.93. The van der Waals surface area contributed by atoms with E-state index in [2.05, 4.69) is 23.5 Å². The summed E-state index contributed by atoms with van der Waals surface area (Å²) in [7, 11) is 3.22. The highest BCUT2D eigenvalue weighted by atomic mass is 16.3. The first-order valence-corrected chi connectivity index (χ1v) is 9.11. The number of nitrogens with one attached hydrogen (secondary N) is 2. The highest BCUT2D eigenvalue weighted by molar-refractivity contribution is 6.07. The van der Waals surface area contributed by atoms with E-state index >= 15 is 0 Å². The van der Waals surface area contributed by atoms with Gasteiger partial charge < -0.3 is 20.6 Å². The summed E-state index contributed by atoms with van der Waals surface area (Å²) in [5, 5.41) is 16.8. The van der Waals surface area contributed by atoms with E-state index in [1.165, 1.54) is 4.90 Å². The van der Waals surface area contributed by atoms with Gasteiger partial charge in [0.05, 0.1) is 23.2 Å². The van der Waals surface area contributed by atoms with Crippen LogP contribution in [-0.4, -0.2) is 41.3 Å². The Hall–Kier alpha value is -2.94. The number of terminal acetylenes is 1. The molecule has 0 radical (unpaired) electrons. The van der Waals surface area contributed by atoms with Gasteiger partial charge in [0.1, 0.15) is 5.70 Å². The summed E-state index contributed by atoms with van der Waals surface area (Å²) in [6, 6.07) is 4.82. The summed E-state index contributed by atoms with van der Waals surface area (Å²) in [6.45, 7) is 4.08. The van der Waals surface area contributed by atoms with Gasteiger partial charge in [0.2, 0.25) is 0 Å². The lowest BCUT2D eigenvalue weighted by Crippen LogP contribution is -2.47. The van der Waals surface area contributed by atoms with Crippen LogP contribution in [0.3, 0.4) is 0 Å². The Kier molecular flexibility index (Phi) is 6.17. The van der Waals surface area contributed by atoms with Crippen LogP contribution in [0.4, 0.5) is 5.69 Å². The van der Waals surface area contributed by atoms with Crippen LogP contribution in [0.5, 0.6) is 5.75 Å². The number of hydrogen-bond donors (Lipinski definition) is 3. The van der Waals surface area contributed by atoms with Crippen LogP contribution >= 0.6 is 0 Å². The lowest BCUT2D eigenvalue weighted by molar-refractivity contribution is -0.116. The number of anilines is 1. The van der Waals surface area contributed by atoms with Crippen molar-refractivity contribution >= 4 is 17.4 Å². The van der Waals surface area contributed by atoms with Gasteiger partial charge in [0, 0.05) is 19.8 Å². The van der Waals surface area contributed by atoms with Crippen molar-refractivity contribution in [3.63, 3.8) is 0 Å². The maximum Gasteiger partial charge on any atom is 0.257 e. The van der Waals surface area contributed by atoms with Crippen LogP contribution in [0.2, 0.25) is 0 Å². The Bertz CT molecular complexity index is 820. The number of rotatable bonds is 8. The molecular formula is C21H27N3O3. The number of carbonyl (C=O) groups is 2. The smallest absolute Gasteiger partial charge is 0.257 e. The Balaban J connectivity index is 2.32. The second kappa shape index (κ2) is 8.17. The van der Waals surface area contributed by atoms with E-state index in [0.29, 0.717) is 11.4 Å². The third-order valence-corrected chi connectivity index (χ3v) is 4.80. The molecule has 6 heteroatoms. The molecular weight excluding hydrogens is 342 g/mol. The third kappa shape index (κ3) is 4.08. The summed E-state index contributed by atoms with van der Waals surface area (Å²) in [5.74, 6) is 2.26. The molecule has 1 aromatic carbocycles. The number of phenols is 1. The molecule has 27 heavy (non-hydrogen) atoms. The molecule has 0 aliphatic heterocycles. The van der Waals surface area contributed by atoms with Gasteiger partial charge in [-0.05, 0) is 25.0 Å². The third-order valence-electron chi connectivity index (χ3n) is 4.80. The summed E-state index contributed by atoms with van der Waals surface area (Å²) in [6.07, 6.45) is 8.47. The number of phenolic OH excluding ortho intramolecular Hbond substituents is 1. The molecule has 1 atom stereocenters. The number of para-hydroxylation sites is 1. The maximum atomic E-state index is 12.2. The summed E-state index contributed by atoms with van der Waals surface area (Å²) in [4.78, 5) is 25.7. The number of aromatic hydroxyl groups is 1. The van der Waals surface area contributed by atoms with Crippen LogP contribution in [0, 0.1) is 12.3 Å². The molecule has 1 aliphatic rings. The van der Waals surface area contributed by atoms with Gasteiger partial charge >= 0.3 is 0 Å². The molecule has 0 fully saturated rings. The second-order valence-corrected chi connectivity index (χ2v) is 6.93. The van der Waals surface area contributed by atoms with Gasteiger partial charge in [0.15, 0.2) is 11.5 Å². The number of amides is 1. The predicted octanol–water partition coefficient (Wildman–Crippen LogP) is 2.86. The minimum Gasteiger partial charge on any atom is -0.505 e. The van der Waals surface area contributed by atoms with Crippen LogP contribution in [-0.2, 0) is 4.79 Å². The number of benzene rings is 1. The largest absolute Gasteiger partial charge is 0.505 e. The standard InChI is InChI=1S/C21H27N3O3/c1-6-12-21(7-2,8-3)23-16-13-17(25)18(16)22-15-11-9-10-14(19(15)26)20(27)24(4)5/h2,9-11,22-23,26H,6,8,12-13H2,1,3-5H3. The van der Waals surface area contributed by atoms with Crippen LogP contribution in [0.15, 0.2) is 29.6 Å². The highest BCUT2D eigenvalue weighted by Crippen LogP contribution is 2.33. The molecule has 0 bridgehead atoms. The van der Waals surface area contributed by atoms with Crippen molar-refractivity contribution in [3.05, 3.63) is 35.2 Å². The van der Waals surface area contributed by atoms with E-state index in [0.717, 1.165) is 25.0 Å². The number of ketones is 1. The number of hydrogen-bond acceptors (Lipinski definition) is 5. The molecule has 0 saturated heterocycles. The summed E-state index contributed by atoms with van der Waals surface area (Å²) >= 11 is 0. The van der Waals surface area contributed by atoms with Crippen molar-refractivity contribution in [3.8, 4) is 18.1 Å². The van der Waals surface area contributed by atoms with Crippen molar-refractivity contribution in [2.45, 2.75) is 45.1 Å². The molecule has 144 valence electrons. The first kappa shape index (κ1) is 20.4. The number of nitrogens with zero attached hydrogens (tertiary/aromatic N) is 1. The molecule has 0 heterocycles. The fraction of sp³-hybridized carbons (Fsp3) is 0.429. The van der Waals surface area contributed by atoms with Gasteiger partial charge in [-0.3, -0.25) is 9.59 Å². The van der Waals surface area contributed by atoms with Crippen molar-refractivity contribution < 1.29 is 14.7 Å². The zero-order valence-corrected chi connectivity index (χ0v) is 16.3. The maximum absolute atomic E-state index is 12.2. The Morgan fingerprint density at radius 1 is 1.37 bits per heavy atom. The van der Waals surface area contributed by atoms with E-state index in [1.54, 1.807) is 32.3 Å². The molecule has 0 aromatic heterocycles. The summed E-state index contributed by atoms with van der Waals surface area (Å²) in [5.41, 5.74) is 1.09. The molecule has 2 rings (SSSR count). The lowest BCUT2D eigenvalue weighted by Gasteiger charge is -2.35. The Morgan fingerprint density at radius 2 is 2.07 bits per heavy atom. The van der Waals surface area contributed by atoms with Crippen molar-refractivity contribution in [2.24, 2.45) is 0 Å². The van der Waals surface area contributed by atoms with Gasteiger partial charge in [-0.1, -0.05) is 32.3 Å². The van der Waals surface area contributed by atoms with E-state index < -0.39 is 5.54 Å². The van der Waals surface area contributed by atoms with Crippen LogP contribution in [0.1, 0.15) is 49.9 Å². The molecule has 6 nitrogen and oxygen atoms in total. The fourth-order valence-corrected chi connectivity index (χ4v) is 3.10. The Labute approximate surface area is 160 Å². The van der Waals surface area contributed by atoms with E-state index in [1.807, 2.05) is 6.92 Å². The number of Topliss-reactive ketones (excluding diaryl/α,β-unsaturated/α-hetero) is 1. The minimum atomic E-state index is -0.498. The first-order valence-electron chi connectivity index (χ1n) is 9.11. The summed E-state index contributed by atoms with van der Waals surface area (Å²) < 4.78 is 0. The SMILES string of the molecule is C#CC(CC)(CCC)NC1=C(Nc2cccc(C(=O)N(C)C)c2O)C(=O)C1. The Morgan fingerprint density at radius 3 is 2.59 bits per heavy atom. The normalized spacial score (nSPS) is 15.4. The van der Waals surface area contributed by atoms with E-state index in [4.69, 9.17) is 6.42 Å².